The van der Waals surface area contributed by atoms with Gasteiger partial charge in [-0.25, -0.2) is 9.67 Å². The second-order valence-corrected chi connectivity index (χ2v) is 6.63. The van der Waals surface area contributed by atoms with E-state index in [0.29, 0.717) is 19.1 Å². The van der Waals surface area contributed by atoms with Gasteiger partial charge >= 0.3 is 0 Å². The number of hydrogen-bond acceptors (Lipinski definition) is 6. The van der Waals surface area contributed by atoms with Crippen molar-refractivity contribution in [1.29, 1.82) is 0 Å². The van der Waals surface area contributed by atoms with Gasteiger partial charge < -0.3 is 15.2 Å². The Bertz CT molecular complexity index is 470. The third kappa shape index (κ3) is 4.04. The van der Waals surface area contributed by atoms with Crippen molar-refractivity contribution in [3.8, 4) is 0 Å². The monoisotopic (exact) mass is 309 g/mol. The first kappa shape index (κ1) is 15.9. The molecule has 22 heavy (non-hydrogen) atoms. The van der Waals surface area contributed by atoms with Crippen LogP contribution in [-0.2, 0) is 17.7 Å². The fourth-order valence-corrected chi connectivity index (χ4v) is 3.50. The van der Waals surface area contributed by atoms with E-state index in [9.17, 15) is 5.11 Å². The number of rotatable bonds is 5. The summed E-state index contributed by atoms with van der Waals surface area (Å²) in [4.78, 5) is 6.53. The average molecular weight is 309 g/mol. The van der Waals surface area contributed by atoms with Crippen molar-refractivity contribution < 1.29 is 9.84 Å². The smallest absolute Gasteiger partial charge is 0.138 e. The van der Waals surface area contributed by atoms with Crippen molar-refractivity contribution in [2.24, 2.45) is 0 Å². The van der Waals surface area contributed by atoms with E-state index in [2.05, 4.69) is 34.1 Å². The number of β-amino-alcohol motifs (C(OH)–C–C–N with tert-alkyl or cyclic N) is 1. The quantitative estimate of drug-likeness (QED) is 0.774. The molecule has 0 unspecified atom stereocenters. The van der Waals surface area contributed by atoms with Crippen LogP contribution in [0, 0.1) is 0 Å². The number of aliphatic hydroxyl groups is 1. The highest BCUT2D eigenvalue weighted by Gasteiger charge is 2.25. The Morgan fingerprint density at radius 2 is 2.14 bits per heavy atom. The van der Waals surface area contributed by atoms with Crippen LogP contribution >= 0.6 is 0 Å². The lowest BCUT2D eigenvalue weighted by atomic mass is 10.1. The van der Waals surface area contributed by atoms with Gasteiger partial charge in [-0.05, 0) is 20.3 Å². The first-order chi connectivity index (χ1) is 10.6. The molecule has 7 heteroatoms. The van der Waals surface area contributed by atoms with Crippen molar-refractivity contribution in [3.63, 3.8) is 0 Å². The number of nitrogens with one attached hydrogen (secondary N) is 1. The molecule has 3 rings (SSSR count). The Balaban J connectivity index is 1.40. The molecule has 1 fully saturated rings. The van der Waals surface area contributed by atoms with Crippen molar-refractivity contribution in [1.82, 2.24) is 25.0 Å². The third-order valence-electron chi connectivity index (χ3n) is 4.41. The maximum Gasteiger partial charge on any atom is 0.138 e. The van der Waals surface area contributed by atoms with Gasteiger partial charge in [-0.3, -0.25) is 4.90 Å². The van der Waals surface area contributed by atoms with Crippen LogP contribution in [0.1, 0.15) is 26.1 Å². The van der Waals surface area contributed by atoms with E-state index in [1.807, 2.05) is 4.68 Å². The molecule has 1 aromatic rings. The number of aliphatic hydroxyl groups excluding tert-OH is 1. The van der Waals surface area contributed by atoms with Crippen LogP contribution in [-0.4, -0.2) is 75.3 Å². The second kappa shape index (κ2) is 7.04. The summed E-state index contributed by atoms with van der Waals surface area (Å²) in [6.07, 6.45) is 3.76. The van der Waals surface area contributed by atoms with Crippen molar-refractivity contribution in [2.75, 3.05) is 26.2 Å². The van der Waals surface area contributed by atoms with Gasteiger partial charge in [0.25, 0.3) is 0 Å². The zero-order valence-electron chi connectivity index (χ0n) is 13.5. The molecule has 2 N–H and O–H groups in total. The molecule has 0 radical (unpaired) electrons. The molecule has 2 aliphatic rings. The van der Waals surface area contributed by atoms with E-state index >= 15 is 0 Å². The summed E-state index contributed by atoms with van der Waals surface area (Å²) in [7, 11) is 0. The molecule has 4 atom stereocenters. The minimum atomic E-state index is -0.352. The van der Waals surface area contributed by atoms with Crippen molar-refractivity contribution >= 4 is 0 Å². The van der Waals surface area contributed by atoms with Crippen LogP contribution in [0.25, 0.3) is 0 Å². The van der Waals surface area contributed by atoms with Gasteiger partial charge in [-0.2, -0.15) is 5.10 Å². The van der Waals surface area contributed by atoms with Gasteiger partial charge in [-0.1, -0.05) is 0 Å². The molecule has 0 bridgehead atoms. The van der Waals surface area contributed by atoms with Crippen LogP contribution in [0.2, 0.25) is 0 Å². The van der Waals surface area contributed by atoms with Gasteiger partial charge in [0.2, 0.25) is 0 Å². The lowest BCUT2D eigenvalue weighted by molar-refractivity contribution is -0.0763. The first-order valence-electron chi connectivity index (χ1n) is 8.26. The summed E-state index contributed by atoms with van der Waals surface area (Å²) < 4.78 is 7.68. The first-order valence-corrected chi connectivity index (χ1v) is 8.26. The Morgan fingerprint density at radius 3 is 2.91 bits per heavy atom. The highest BCUT2D eigenvalue weighted by Crippen LogP contribution is 2.12. The Labute approximate surface area is 131 Å². The fourth-order valence-electron chi connectivity index (χ4n) is 3.50. The van der Waals surface area contributed by atoms with Crippen LogP contribution in [0.5, 0.6) is 0 Å². The largest absolute Gasteiger partial charge is 0.390 e. The highest BCUT2D eigenvalue weighted by atomic mass is 16.5. The molecule has 2 aliphatic heterocycles. The molecular formula is C15H27N5O2. The van der Waals surface area contributed by atoms with Gasteiger partial charge in [-0.15, -0.1) is 0 Å². The van der Waals surface area contributed by atoms with Gasteiger partial charge in [0.05, 0.1) is 24.9 Å². The molecule has 0 aromatic carbocycles. The molecule has 3 heterocycles. The lowest BCUT2D eigenvalue weighted by Crippen LogP contribution is -2.50. The predicted octanol–water partition coefficient (Wildman–Crippen LogP) is -0.347. The number of hydrogen-bond donors (Lipinski definition) is 2. The zero-order valence-corrected chi connectivity index (χ0v) is 13.5. The molecule has 124 valence electrons. The summed E-state index contributed by atoms with van der Waals surface area (Å²) in [6.45, 7) is 8.13. The Kier molecular flexibility index (Phi) is 5.07. The van der Waals surface area contributed by atoms with Crippen LogP contribution in [0.15, 0.2) is 6.33 Å². The lowest BCUT2D eigenvalue weighted by Gasteiger charge is -2.36. The van der Waals surface area contributed by atoms with E-state index in [0.717, 1.165) is 38.3 Å². The Morgan fingerprint density at radius 1 is 1.36 bits per heavy atom. The minimum Gasteiger partial charge on any atom is -0.390 e. The third-order valence-corrected chi connectivity index (χ3v) is 4.41. The molecule has 1 aromatic heterocycles. The van der Waals surface area contributed by atoms with E-state index < -0.39 is 0 Å². The fraction of sp³-hybridized carbons (Fsp3) is 0.867. The summed E-state index contributed by atoms with van der Waals surface area (Å²) in [5.74, 6) is 1.06. The number of morpholine rings is 1. The number of fused-ring (bicyclic) bond motifs is 1. The highest BCUT2D eigenvalue weighted by molar-refractivity contribution is 4.92. The van der Waals surface area contributed by atoms with Crippen LogP contribution in [0.3, 0.4) is 0 Å². The van der Waals surface area contributed by atoms with Gasteiger partial charge in [0.1, 0.15) is 12.2 Å². The molecule has 1 saturated heterocycles. The van der Waals surface area contributed by atoms with Crippen LogP contribution < -0.4 is 5.32 Å². The minimum absolute atomic E-state index is 0.244. The predicted molar refractivity (Wildman–Crippen MR) is 82.6 cm³/mol. The standard InChI is InChI=1S/C15H27N5O2/c1-11-6-19(7-12(2)22-11)9-14(21)5-16-13-3-4-15-17-10-18-20(15)8-13/h10-14,16,21H,3-9H2,1-2H3/t11-,12-,13+,14-/m1/s1. The number of aromatic nitrogens is 3. The van der Waals surface area contributed by atoms with E-state index in [1.165, 1.54) is 0 Å². The summed E-state index contributed by atoms with van der Waals surface area (Å²) in [5, 5.41) is 18.0. The maximum atomic E-state index is 10.3. The molecular weight excluding hydrogens is 282 g/mol. The average Bonchev–Trinajstić information content (AvgIpc) is 2.91. The Hall–Kier alpha value is -1.02. The topological polar surface area (TPSA) is 75.4 Å². The number of ether oxygens (including phenoxy) is 1. The van der Waals surface area contributed by atoms with Crippen molar-refractivity contribution in [3.05, 3.63) is 12.2 Å². The van der Waals surface area contributed by atoms with E-state index in [4.69, 9.17) is 4.74 Å². The summed E-state index contributed by atoms with van der Waals surface area (Å²) >= 11 is 0. The zero-order chi connectivity index (χ0) is 15.5. The SMILES string of the molecule is C[C@@H]1CN(C[C@H](O)CN[C@H]2CCc3ncnn3C2)C[C@@H](C)O1. The second-order valence-electron chi connectivity index (χ2n) is 6.63. The van der Waals surface area contributed by atoms with Gasteiger partial charge in [0.15, 0.2) is 0 Å². The number of nitrogens with zero attached hydrogens (tertiary/aromatic N) is 4. The normalized spacial score (nSPS) is 31.0. The van der Waals surface area contributed by atoms with E-state index in [1.54, 1.807) is 6.33 Å². The summed E-state index contributed by atoms with van der Waals surface area (Å²) in [5.41, 5.74) is 0. The van der Waals surface area contributed by atoms with E-state index in [-0.39, 0.29) is 18.3 Å². The molecule has 0 saturated carbocycles. The maximum absolute atomic E-state index is 10.3. The molecule has 0 spiro atoms. The molecule has 0 aliphatic carbocycles. The molecule has 7 nitrogen and oxygen atoms in total. The van der Waals surface area contributed by atoms with Crippen molar-refractivity contribution in [2.45, 2.75) is 57.6 Å². The number of aryl methyl sites for hydroxylation is 1. The summed E-state index contributed by atoms with van der Waals surface area (Å²) in [6, 6.07) is 0.367. The van der Waals surface area contributed by atoms with Gasteiger partial charge in [0, 0.05) is 38.6 Å². The van der Waals surface area contributed by atoms with Crippen LogP contribution in [0.4, 0.5) is 0 Å². The molecule has 0 amide bonds.